The molecule has 1 aliphatic carbocycles. The largest absolute Gasteiger partial charge is 0.481 e. The van der Waals surface area contributed by atoms with E-state index in [0.29, 0.717) is 18.5 Å². The summed E-state index contributed by atoms with van der Waals surface area (Å²) in [5.74, 6) is -0.953. The molecule has 0 saturated heterocycles. The van der Waals surface area contributed by atoms with Crippen LogP contribution >= 0.6 is 0 Å². The van der Waals surface area contributed by atoms with Gasteiger partial charge in [-0.1, -0.05) is 31.9 Å². The summed E-state index contributed by atoms with van der Waals surface area (Å²) in [6.07, 6.45) is 5.37. The highest BCUT2D eigenvalue weighted by Crippen LogP contribution is 2.23. The number of aliphatic carboxylic acids is 1. The first kappa shape index (κ1) is 17.5. The second-order valence-electron chi connectivity index (χ2n) is 6.02. The summed E-state index contributed by atoms with van der Waals surface area (Å²) >= 11 is 0. The smallest absolute Gasteiger partial charge is 0.303 e. The van der Waals surface area contributed by atoms with Crippen LogP contribution in [0.4, 0.5) is 5.69 Å². The van der Waals surface area contributed by atoms with Crippen LogP contribution in [0.25, 0.3) is 0 Å². The summed E-state index contributed by atoms with van der Waals surface area (Å²) in [5.41, 5.74) is 1.58. The quantitative estimate of drug-likeness (QED) is 0.770. The molecule has 1 saturated carbocycles. The van der Waals surface area contributed by atoms with Gasteiger partial charge in [-0.2, -0.15) is 0 Å². The first-order valence-electron chi connectivity index (χ1n) is 8.35. The minimum absolute atomic E-state index is 0.0831. The molecule has 1 fully saturated rings. The summed E-state index contributed by atoms with van der Waals surface area (Å²) in [6.45, 7) is 1.95. The zero-order valence-electron chi connectivity index (χ0n) is 13.6. The fraction of sp³-hybridized carbons (Fsp3) is 0.556. The van der Waals surface area contributed by atoms with Crippen LogP contribution in [-0.2, 0) is 20.7 Å². The molecule has 1 amide bonds. The lowest BCUT2D eigenvalue weighted by Crippen LogP contribution is -2.32. The molecule has 2 N–H and O–H groups in total. The van der Waals surface area contributed by atoms with Gasteiger partial charge in [0.05, 0.1) is 6.10 Å². The first-order valence-corrected chi connectivity index (χ1v) is 8.35. The van der Waals surface area contributed by atoms with E-state index in [0.717, 1.165) is 18.4 Å². The number of amides is 1. The monoisotopic (exact) mass is 319 g/mol. The zero-order valence-corrected chi connectivity index (χ0v) is 13.6. The Morgan fingerprint density at radius 2 is 2.09 bits per heavy atom. The first-order chi connectivity index (χ1) is 11.1. The molecule has 1 aromatic carbocycles. The molecule has 1 aromatic rings. The van der Waals surface area contributed by atoms with Crippen LogP contribution < -0.4 is 5.32 Å². The van der Waals surface area contributed by atoms with Crippen molar-refractivity contribution in [3.05, 3.63) is 29.8 Å². The van der Waals surface area contributed by atoms with E-state index in [1.165, 1.54) is 12.8 Å². The molecule has 1 unspecified atom stereocenters. The molecule has 0 aromatic heterocycles. The van der Waals surface area contributed by atoms with Gasteiger partial charge in [-0.05, 0) is 43.4 Å². The van der Waals surface area contributed by atoms with Crippen LogP contribution in [0, 0.1) is 0 Å². The van der Waals surface area contributed by atoms with Crippen molar-refractivity contribution in [3.8, 4) is 0 Å². The number of carbonyl (C=O) groups excluding carboxylic acids is 1. The van der Waals surface area contributed by atoms with Gasteiger partial charge in [-0.25, -0.2) is 0 Å². The fourth-order valence-corrected chi connectivity index (χ4v) is 2.88. The number of hydrogen-bond acceptors (Lipinski definition) is 3. The normalized spacial score (nSPS) is 16.2. The Kier molecular flexibility index (Phi) is 6.59. The summed E-state index contributed by atoms with van der Waals surface area (Å²) < 4.78 is 5.91. The average Bonchev–Trinajstić information content (AvgIpc) is 3.04. The molecular formula is C18H25NO4. The van der Waals surface area contributed by atoms with Crippen molar-refractivity contribution in [2.75, 3.05) is 5.32 Å². The number of rotatable bonds is 8. The van der Waals surface area contributed by atoms with Gasteiger partial charge in [0, 0.05) is 12.1 Å². The van der Waals surface area contributed by atoms with Crippen LogP contribution in [0.15, 0.2) is 24.3 Å². The highest BCUT2D eigenvalue weighted by molar-refractivity contribution is 5.94. The van der Waals surface area contributed by atoms with Crippen molar-refractivity contribution < 1.29 is 19.4 Å². The van der Waals surface area contributed by atoms with E-state index in [2.05, 4.69) is 5.32 Å². The number of aryl methyl sites for hydroxylation is 1. The maximum absolute atomic E-state index is 12.4. The number of anilines is 1. The molecule has 1 aliphatic rings. The SMILES string of the molecule is CCC(OC1CCCC1)C(=O)Nc1cccc(CCC(=O)O)c1. The summed E-state index contributed by atoms with van der Waals surface area (Å²) in [5, 5.41) is 11.6. The number of hydrogen-bond donors (Lipinski definition) is 2. The van der Waals surface area contributed by atoms with Crippen LogP contribution in [0.1, 0.15) is 51.0 Å². The number of ether oxygens (including phenoxy) is 1. The maximum atomic E-state index is 12.4. The Morgan fingerprint density at radius 1 is 1.35 bits per heavy atom. The highest BCUT2D eigenvalue weighted by Gasteiger charge is 2.24. The van der Waals surface area contributed by atoms with E-state index in [9.17, 15) is 9.59 Å². The van der Waals surface area contributed by atoms with Crippen molar-refractivity contribution in [1.82, 2.24) is 0 Å². The lowest BCUT2D eigenvalue weighted by Gasteiger charge is -2.20. The third-order valence-electron chi connectivity index (χ3n) is 4.14. The topological polar surface area (TPSA) is 75.6 Å². The molecule has 0 bridgehead atoms. The van der Waals surface area contributed by atoms with Crippen LogP contribution in [0.5, 0.6) is 0 Å². The van der Waals surface area contributed by atoms with Crippen molar-refractivity contribution in [2.24, 2.45) is 0 Å². The zero-order chi connectivity index (χ0) is 16.7. The van der Waals surface area contributed by atoms with Gasteiger partial charge in [-0.3, -0.25) is 9.59 Å². The number of benzene rings is 1. The molecular weight excluding hydrogens is 294 g/mol. The molecule has 1 atom stereocenters. The Morgan fingerprint density at radius 3 is 2.74 bits per heavy atom. The number of nitrogens with one attached hydrogen (secondary N) is 1. The Labute approximate surface area is 137 Å². The molecule has 0 radical (unpaired) electrons. The van der Waals surface area contributed by atoms with E-state index >= 15 is 0 Å². The Hall–Kier alpha value is -1.88. The molecule has 0 aliphatic heterocycles. The van der Waals surface area contributed by atoms with Gasteiger partial charge in [0.2, 0.25) is 0 Å². The second kappa shape index (κ2) is 8.67. The third-order valence-corrected chi connectivity index (χ3v) is 4.14. The number of carbonyl (C=O) groups is 2. The molecule has 5 nitrogen and oxygen atoms in total. The number of carboxylic acids is 1. The average molecular weight is 319 g/mol. The lowest BCUT2D eigenvalue weighted by atomic mass is 10.1. The predicted molar refractivity (Wildman–Crippen MR) is 88.4 cm³/mol. The maximum Gasteiger partial charge on any atom is 0.303 e. The van der Waals surface area contributed by atoms with Crippen LogP contribution in [0.3, 0.4) is 0 Å². The van der Waals surface area contributed by atoms with Crippen molar-refractivity contribution in [2.45, 2.75) is 64.1 Å². The minimum Gasteiger partial charge on any atom is -0.481 e. The van der Waals surface area contributed by atoms with Crippen LogP contribution in [0.2, 0.25) is 0 Å². The van der Waals surface area contributed by atoms with Crippen molar-refractivity contribution in [1.29, 1.82) is 0 Å². The van der Waals surface area contributed by atoms with E-state index < -0.39 is 12.1 Å². The molecule has 2 rings (SSSR count). The van der Waals surface area contributed by atoms with Gasteiger partial charge in [0.15, 0.2) is 0 Å². The second-order valence-corrected chi connectivity index (χ2v) is 6.02. The van der Waals surface area contributed by atoms with Crippen LogP contribution in [-0.4, -0.2) is 29.2 Å². The van der Waals surface area contributed by atoms with Gasteiger partial charge >= 0.3 is 5.97 Å². The standard InChI is InChI=1S/C18H25NO4/c1-2-16(23-15-8-3-4-9-15)18(22)19-14-7-5-6-13(12-14)10-11-17(20)21/h5-7,12,15-16H,2-4,8-11H2,1H3,(H,19,22)(H,20,21). The van der Waals surface area contributed by atoms with Crippen molar-refractivity contribution >= 4 is 17.6 Å². The van der Waals surface area contributed by atoms with E-state index in [4.69, 9.17) is 9.84 Å². The van der Waals surface area contributed by atoms with E-state index in [1.807, 2.05) is 31.2 Å². The third kappa shape index (κ3) is 5.67. The van der Waals surface area contributed by atoms with Gasteiger partial charge < -0.3 is 15.2 Å². The summed E-state index contributed by atoms with van der Waals surface area (Å²) in [7, 11) is 0. The summed E-state index contributed by atoms with van der Waals surface area (Å²) in [6, 6.07) is 7.32. The van der Waals surface area contributed by atoms with Gasteiger partial charge in [-0.15, -0.1) is 0 Å². The molecule has 0 spiro atoms. The van der Waals surface area contributed by atoms with E-state index in [1.54, 1.807) is 0 Å². The van der Waals surface area contributed by atoms with Gasteiger partial charge in [0.1, 0.15) is 6.10 Å². The molecule has 5 heteroatoms. The predicted octanol–water partition coefficient (Wildman–Crippen LogP) is 3.38. The van der Waals surface area contributed by atoms with Gasteiger partial charge in [0.25, 0.3) is 5.91 Å². The lowest BCUT2D eigenvalue weighted by molar-refractivity contribution is -0.137. The highest BCUT2D eigenvalue weighted by atomic mass is 16.5. The Balaban J connectivity index is 1.92. The summed E-state index contributed by atoms with van der Waals surface area (Å²) in [4.78, 5) is 23.0. The molecule has 126 valence electrons. The number of carboxylic acid groups (broad SMARTS) is 1. The molecule has 0 heterocycles. The fourth-order valence-electron chi connectivity index (χ4n) is 2.88. The molecule has 23 heavy (non-hydrogen) atoms. The van der Waals surface area contributed by atoms with Crippen molar-refractivity contribution in [3.63, 3.8) is 0 Å². The van der Waals surface area contributed by atoms with E-state index in [-0.39, 0.29) is 18.4 Å². The minimum atomic E-state index is -0.824. The Bertz CT molecular complexity index is 538.